The second-order valence-electron chi connectivity index (χ2n) is 10.9. The number of nitrogens with one attached hydrogen (secondary N) is 1. The number of rotatable bonds is 8. The van der Waals surface area contributed by atoms with E-state index in [1.165, 1.54) is 54.5 Å². The summed E-state index contributed by atoms with van der Waals surface area (Å²) >= 11 is 6.00. The van der Waals surface area contributed by atoms with Crippen molar-refractivity contribution in [2.75, 3.05) is 12.4 Å². The molecule has 0 aliphatic carbocycles. The molecule has 1 aliphatic heterocycles. The minimum absolute atomic E-state index is 0. The molecule has 1 aromatic carbocycles. The predicted molar refractivity (Wildman–Crippen MR) is 185 cm³/mol. The van der Waals surface area contributed by atoms with Crippen molar-refractivity contribution < 1.29 is 82.9 Å². The molecule has 1 unspecified atom stereocenters. The number of benzene rings is 1. The third-order valence-electron chi connectivity index (χ3n) is 7.27. The Kier molecular flexibility index (Phi) is 21.9. The van der Waals surface area contributed by atoms with Crippen molar-refractivity contribution in [2.45, 2.75) is 85.0 Å². The van der Waals surface area contributed by atoms with Crippen LogP contribution in [0.4, 0.5) is 33.5 Å². The number of imidazole rings is 1. The van der Waals surface area contributed by atoms with E-state index >= 15 is 0 Å². The number of anilines is 2. The first-order valence-corrected chi connectivity index (χ1v) is 15.6. The molecule has 0 saturated carbocycles. The fourth-order valence-corrected chi connectivity index (χ4v) is 4.44. The molecule has 1 radical (unpaired) electrons. The van der Waals surface area contributed by atoms with E-state index in [0.29, 0.717) is 28.8 Å². The summed E-state index contributed by atoms with van der Waals surface area (Å²) < 4.78 is 62.2. The third-order valence-corrected chi connectivity index (χ3v) is 7.59. The Hall–Kier alpha value is -1.97. The molecule has 3 heterocycles. The number of ketones is 1. The fraction of sp³-hybridized carbons (Fsp3) is 0.441. The van der Waals surface area contributed by atoms with E-state index in [9.17, 15) is 31.5 Å². The van der Waals surface area contributed by atoms with Gasteiger partial charge in [0.25, 0.3) is 0 Å². The summed E-state index contributed by atoms with van der Waals surface area (Å²) in [5, 5.41) is 3.20. The molecule has 1 fully saturated rings. The van der Waals surface area contributed by atoms with Crippen LogP contribution in [-0.4, -0.2) is 59.1 Å². The number of carbonyl (C=O) groups excluding carboxylic acids is 2. The van der Waals surface area contributed by atoms with Gasteiger partial charge in [-0.1, -0.05) is 56.2 Å². The Balaban J connectivity index is 0.000000938. The van der Waals surface area contributed by atoms with Crippen LogP contribution in [-0.2, 0) is 9.59 Å². The maximum Gasteiger partial charge on any atom is 1.00 e. The van der Waals surface area contributed by atoms with E-state index in [4.69, 9.17) is 11.6 Å². The van der Waals surface area contributed by atoms with Gasteiger partial charge in [-0.25, -0.2) is 18.7 Å². The number of aromatic nitrogens is 3. The normalized spacial score (nSPS) is 14.6. The van der Waals surface area contributed by atoms with Gasteiger partial charge >= 0.3 is 57.6 Å². The Morgan fingerprint density at radius 2 is 1.86 bits per heavy atom. The first kappa shape index (κ1) is 47.0. The van der Waals surface area contributed by atoms with Crippen LogP contribution in [0.25, 0.3) is 11.2 Å². The standard InChI is InChI=1S/C19H14ClF3N5O.C7H14.C6H10BO.C2H4F2.K/c1-3-13(16(24-2)19(21,22)23)15-9-26-18-17(25-6-7-28(15)18)27-12-5-4-11(10-29)14(20)8-12;1-5-7(3,4)6-2;1-5(8)6-3-2-4-7-6;1-2(3)4;/h3-9H,1-2H3,(H,25,27);3-6H2,1-2H3;6H,2-4H2,1H3;2H,1H3;/q-1;-2;;;+1/b13-3-,24-16?;;;;. The van der Waals surface area contributed by atoms with Crippen molar-refractivity contribution in [3.63, 3.8) is 0 Å². The largest absolute Gasteiger partial charge is 1.00 e. The van der Waals surface area contributed by atoms with Crippen LogP contribution < -0.4 is 56.7 Å². The van der Waals surface area contributed by atoms with Crippen molar-refractivity contribution in [2.24, 2.45) is 10.4 Å². The number of Topliss-reactive ketones (excluding diaryl/α,β-unsaturated/α-hetero) is 1. The molecular formula is C34H42BClF5KN5O2-2. The van der Waals surface area contributed by atoms with Crippen LogP contribution in [0.5, 0.6) is 0 Å². The molecular weight excluding hydrogens is 691 g/mol. The number of aliphatic imine (C=N–C) groups is 1. The Bertz CT molecular complexity index is 1530. The average Bonchev–Trinajstić information content (AvgIpc) is 3.71. The Labute approximate surface area is 334 Å². The van der Waals surface area contributed by atoms with Gasteiger partial charge < -0.3 is 28.8 Å². The van der Waals surface area contributed by atoms with Crippen LogP contribution in [0.2, 0.25) is 17.2 Å². The predicted octanol–water partition coefficient (Wildman–Crippen LogP) is 6.64. The number of carbonyl (C=O) groups is 1. The van der Waals surface area contributed by atoms with E-state index in [1.54, 1.807) is 19.3 Å². The van der Waals surface area contributed by atoms with Gasteiger partial charge in [0.2, 0.25) is 6.43 Å². The number of allylic oxidation sites excluding steroid dienone is 2. The van der Waals surface area contributed by atoms with Gasteiger partial charge in [0, 0.05) is 30.7 Å². The third kappa shape index (κ3) is 15.9. The average molecular weight is 733 g/mol. The zero-order chi connectivity index (χ0) is 36.7. The molecule has 263 valence electrons. The number of halogens is 6. The summed E-state index contributed by atoms with van der Waals surface area (Å²) in [5.41, 5.74) is 0.245. The van der Waals surface area contributed by atoms with Gasteiger partial charge in [-0.3, -0.25) is 14.8 Å². The fourth-order valence-electron chi connectivity index (χ4n) is 4.22. The summed E-state index contributed by atoms with van der Waals surface area (Å²) in [5.74, 6) is 0.938. The van der Waals surface area contributed by atoms with Crippen molar-refractivity contribution in [3.05, 3.63) is 73.0 Å². The summed E-state index contributed by atoms with van der Waals surface area (Å²) in [6, 6.07) is 4.60. The second-order valence-corrected chi connectivity index (χ2v) is 11.3. The maximum absolute atomic E-state index is 13.4. The van der Waals surface area contributed by atoms with Crippen LogP contribution in [0, 0.1) is 19.3 Å². The first-order valence-electron chi connectivity index (χ1n) is 15.3. The minimum atomic E-state index is -4.61. The summed E-state index contributed by atoms with van der Waals surface area (Å²) in [6.45, 7) is 16.0. The molecule has 4 rings (SSSR count). The Morgan fingerprint density at radius 3 is 2.24 bits per heavy atom. The molecule has 1 aliphatic rings. The van der Waals surface area contributed by atoms with Crippen LogP contribution in [0.1, 0.15) is 71.6 Å². The smallest absolute Gasteiger partial charge is 0.376 e. The molecule has 2 aromatic heterocycles. The first-order chi connectivity index (χ1) is 22.5. The molecule has 7 nitrogen and oxygen atoms in total. The summed E-state index contributed by atoms with van der Waals surface area (Å²) in [7, 11) is 3.22. The maximum atomic E-state index is 13.4. The number of nitrogens with zero attached hydrogens (tertiary/aromatic N) is 4. The van der Waals surface area contributed by atoms with Gasteiger partial charge in [-0.2, -0.15) is 30.8 Å². The molecule has 0 spiro atoms. The van der Waals surface area contributed by atoms with Crippen LogP contribution in [0.15, 0.2) is 47.9 Å². The topological polar surface area (TPSA) is 88.7 Å². The molecule has 0 amide bonds. The summed E-state index contributed by atoms with van der Waals surface area (Å²) in [4.78, 5) is 33.2. The Morgan fingerprint density at radius 1 is 1.24 bits per heavy atom. The zero-order valence-electron chi connectivity index (χ0n) is 29.1. The van der Waals surface area contributed by atoms with Gasteiger partial charge in [0.1, 0.15) is 18.8 Å². The van der Waals surface area contributed by atoms with Gasteiger partial charge in [-0.15, -0.1) is 18.4 Å². The van der Waals surface area contributed by atoms with Crippen molar-refractivity contribution in [3.8, 4) is 0 Å². The van der Waals surface area contributed by atoms with E-state index < -0.39 is 18.3 Å². The molecule has 1 atom stereocenters. The van der Waals surface area contributed by atoms with Crippen molar-refractivity contribution in [1.29, 1.82) is 0 Å². The molecule has 1 saturated heterocycles. The van der Waals surface area contributed by atoms with E-state index in [2.05, 4.69) is 55.3 Å². The van der Waals surface area contributed by atoms with Gasteiger partial charge in [0.15, 0.2) is 11.5 Å². The molecule has 15 heteroatoms. The monoisotopic (exact) mass is 732 g/mol. The number of fused-ring (bicyclic) bond motifs is 1. The number of hydrogen-bond acceptors (Lipinski definition) is 6. The molecule has 1 N–H and O–H groups in total. The molecule has 0 bridgehead atoms. The SMILES string of the molecule is C/C=C(\C(=NC)C(F)(F)F)c1cnc2c(Nc3ccc([C-]=O)c(Cl)c3)nccn12.CC(=O)C1[B]CCC1.CC(F)F.[CH2-]C([CH2-])(CC)CC.[K+]. The van der Waals surface area contributed by atoms with Crippen LogP contribution >= 0.6 is 11.6 Å². The molecule has 3 aromatic rings. The zero-order valence-corrected chi connectivity index (χ0v) is 33.0. The minimum Gasteiger partial charge on any atom is -0.376 e. The van der Waals surface area contributed by atoms with Crippen molar-refractivity contribution in [1.82, 2.24) is 14.4 Å². The second kappa shape index (κ2) is 22.8. The van der Waals surface area contributed by atoms with E-state index in [1.807, 2.05) is 0 Å². The van der Waals surface area contributed by atoms with Crippen molar-refractivity contribution >= 4 is 59.4 Å². The van der Waals surface area contributed by atoms with Gasteiger partial charge in [-0.05, 0) is 26.6 Å². The number of hydrogen-bond donors (Lipinski definition) is 1. The van der Waals surface area contributed by atoms with Crippen LogP contribution in [0.3, 0.4) is 0 Å². The molecule has 49 heavy (non-hydrogen) atoms. The van der Waals surface area contributed by atoms with E-state index in [-0.39, 0.29) is 78.7 Å². The summed E-state index contributed by atoms with van der Waals surface area (Å²) in [6.07, 6.45) is 6.13. The quantitative estimate of drug-likeness (QED) is 0.122. The van der Waals surface area contributed by atoms with E-state index in [0.717, 1.165) is 39.6 Å². The number of alkyl halides is 5. The van der Waals surface area contributed by atoms with Gasteiger partial charge in [0.05, 0.1) is 18.2 Å².